The molecule has 1 fully saturated rings. The average Bonchev–Trinajstić information content (AvgIpc) is 2.93. The number of hydrogen-bond donors (Lipinski definition) is 1. The molecule has 15 heavy (non-hydrogen) atoms. The molecule has 0 atom stereocenters. The molecule has 0 amide bonds. The van der Waals surface area contributed by atoms with Gasteiger partial charge in [-0.05, 0) is 25.0 Å². The minimum atomic E-state index is -0.808. The first-order valence-corrected chi connectivity index (χ1v) is 4.74. The lowest BCUT2D eigenvalue weighted by Crippen LogP contribution is -2.03. The highest BCUT2D eigenvalue weighted by atomic mass is 35.5. The van der Waals surface area contributed by atoms with Crippen molar-refractivity contribution >= 4 is 17.7 Å². The Labute approximate surface area is 90.2 Å². The van der Waals surface area contributed by atoms with Gasteiger partial charge in [0.1, 0.15) is 17.1 Å². The summed E-state index contributed by atoms with van der Waals surface area (Å²) in [5.41, 5.74) is -0.548. The zero-order valence-electron chi connectivity index (χ0n) is 7.63. The van der Waals surface area contributed by atoms with Gasteiger partial charge >= 0.3 is 0 Å². The molecule has 0 radical (unpaired) electrons. The Morgan fingerprint density at radius 2 is 2.20 bits per heavy atom. The molecule has 0 bridgehead atoms. The second-order valence-electron chi connectivity index (χ2n) is 3.52. The van der Waals surface area contributed by atoms with E-state index in [2.05, 4.69) is 4.99 Å². The first kappa shape index (κ1) is 10.1. The summed E-state index contributed by atoms with van der Waals surface area (Å²) in [6, 6.07) is 2.16. The second-order valence-corrected chi connectivity index (χ2v) is 3.93. The monoisotopic (exact) mass is 227 g/mol. The van der Waals surface area contributed by atoms with Crippen LogP contribution in [0, 0.1) is 5.82 Å². The maximum absolute atomic E-state index is 13.1. The molecule has 3 nitrogen and oxygen atoms in total. The van der Waals surface area contributed by atoms with Gasteiger partial charge in [0.25, 0.3) is 0 Å². The lowest BCUT2D eigenvalue weighted by molar-refractivity contribution is 0.456. The van der Waals surface area contributed by atoms with Gasteiger partial charge in [0.2, 0.25) is 6.08 Å². The van der Waals surface area contributed by atoms with E-state index in [1.165, 1.54) is 6.08 Å². The van der Waals surface area contributed by atoms with Crippen molar-refractivity contribution in [1.29, 1.82) is 0 Å². The first-order valence-electron chi connectivity index (χ1n) is 4.36. The summed E-state index contributed by atoms with van der Waals surface area (Å²) in [5.74, 6) is -0.769. The van der Waals surface area contributed by atoms with E-state index in [4.69, 9.17) is 11.6 Å². The van der Waals surface area contributed by atoms with Crippen LogP contribution in [0.3, 0.4) is 0 Å². The smallest absolute Gasteiger partial charge is 0.235 e. The number of aliphatic imine (C=N–C) groups is 1. The summed E-state index contributed by atoms with van der Waals surface area (Å²) in [4.78, 5) is 13.8. The molecule has 1 N–H and O–H groups in total. The summed E-state index contributed by atoms with van der Waals surface area (Å²) in [6.07, 6.45) is 2.62. The third kappa shape index (κ3) is 1.62. The number of carbonyl (C=O) groups excluding carboxylic acids is 1. The van der Waals surface area contributed by atoms with Crippen LogP contribution in [0.1, 0.15) is 18.4 Å². The lowest BCUT2D eigenvalue weighted by Gasteiger charge is -2.11. The predicted octanol–water partition coefficient (Wildman–Crippen LogP) is 2.51. The number of benzene rings is 1. The van der Waals surface area contributed by atoms with Crippen LogP contribution in [-0.4, -0.2) is 11.2 Å². The molecule has 0 spiro atoms. The lowest BCUT2D eigenvalue weighted by atomic mass is 10.0. The molecule has 1 saturated carbocycles. The van der Waals surface area contributed by atoms with Gasteiger partial charge in [0.15, 0.2) is 0 Å². The van der Waals surface area contributed by atoms with Crippen LogP contribution in [0.15, 0.2) is 17.1 Å². The van der Waals surface area contributed by atoms with Crippen molar-refractivity contribution in [2.45, 2.75) is 18.4 Å². The Balaban J connectivity index is 2.57. The summed E-state index contributed by atoms with van der Waals surface area (Å²) in [7, 11) is 0. The summed E-state index contributed by atoms with van der Waals surface area (Å²) < 4.78 is 13.1. The van der Waals surface area contributed by atoms with E-state index in [1.807, 2.05) is 0 Å². The van der Waals surface area contributed by atoms with Gasteiger partial charge < -0.3 is 5.11 Å². The molecule has 1 aromatic rings. The van der Waals surface area contributed by atoms with E-state index >= 15 is 0 Å². The molecule has 0 unspecified atom stereocenters. The van der Waals surface area contributed by atoms with Crippen molar-refractivity contribution < 1.29 is 14.3 Å². The van der Waals surface area contributed by atoms with E-state index in [0.717, 1.165) is 12.1 Å². The quantitative estimate of drug-likeness (QED) is 0.623. The van der Waals surface area contributed by atoms with Crippen LogP contribution in [-0.2, 0) is 10.3 Å². The van der Waals surface area contributed by atoms with E-state index in [0.29, 0.717) is 12.8 Å². The van der Waals surface area contributed by atoms with Crippen molar-refractivity contribution in [3.05, 3.63) is 28.5 Å². The number of aromatic hydroxyl groups is 1. The molecule has 5 heteroatoms. The van der Waals surface area contributed by atoms with Crippen LogP contribution >= 0.6 is 11.6 Å². The molecule has 78 valence electrons. The highest BCUT2D eigenvalue weighted by molar-refractivity contribution is 6.32. The third-order valence-corrected chi connectivity index (χ3v) is 2.80. The molecule has 2 rings (SSSR count). The number of phenols is 1. The van der Waals surface area contributed by atoms with Gasteiger partial charge in [-0.25, -0.2) is 9.18 Å². The summed E-state index contributed by atoms with van der Waals surface area (Å²) >= 11 is 5.62. The second kappa shape index (κ2) is 3.33. The summed E-state index contributed by atoms with van der Waals surface area (Å²) in [5, 5.41) is 9.56. The van der Waals surface area contributed by atoms with E-state index < -0.39 is 11.4 Å². The van der Waals surface area contributed by atoms with Gasteiger partial charge in [-0.2, -0.15) is 4.99 Å². The molecule has 0 aliphatic heterocycles. The molecule has 1 aliphatic carbocycles. The fraction of sp³-hybridized carbons (Fsp3) is 0.300. The van der Waals surface area contributed by atoms with Crippen LogP contribution in [0.25, 0.3) is 0 Å². The van der Waals surface area contributed by atoms with Gasteiger partial charge in [0.05, 0.1) is 5.02 Å². The maximum Gasteiger partial charge on any atom is 0.235 e. The normalized spacial score (nSPS) is 16.9. The standard InChI is InChI=1S/C10H7ClFNO2/c11-8-4-6(12)3-7(9(8)15)10(1-2-10)13-5-14/h3-4,15H,1-2H2. The minimum absolute atomic E-state index is 0.0719. The molecule has 0 aromatic heterocycles. The minimum Gasteiger partial charge on any atom is -0.506 e. The molecule has 1 aliphatic rings. The third-order valence-electron chi connectivity index (χ3n) is 2.51. The van der Waals surface area contributed by atoms with Crippen LogP contribution in [0.2, 0.25) is 5.02 Å². The Morgan fingerprint density at radius 1 is 1.53 bits per heavy atom. The molecule has 1 aromatic carbocycles. The molecule has 0 saturated heterocycles. The van der Waals surface area contributed by atoms with Gasteiger partial charge in [-0.15, -0.1) is 0 Å². The fourth-order valence-corrected chi connectivity index (χ4v) is 1.77. The van der Waals surface area contributed by atoms with Gasteiger partial charge in [-0.3, -0.25) is 0 Å². The largest absolute Gasteiger partial charge is 0.506 e. The summed E-state index contributed by atoms with van der Waals surface area (Å²) in [6.45, 7) is 0. The van der Waals surface area contributed by atoms with Crippen molar-refractivity contribution in [1.82, 2.24) is 0 Å². The Kier molecular flexibility index (Phi) is 2.25. The number of isocyanates is 1. The molecule has 0 heterocycles. The van der Waals surface area contributed by atoms with Crippen molar-refractivity contribution in [3.63, 3.8) is 0 Å². The van der Waals surface area contributed by atoms with Crippen LogP contribution in [0.4, 0.5) is 4.39 Å². The topological polar surface area (TPSA) is 49.7 Å². The van der Waals surface area contributed by atoms with E-state index in [-0.39, 0.29) is 16.3 Å². The number of halogens is 2. The zero-order chi connectivity index (χ0) is 11.1. The highest BCUT2D eigenvalue weighted by Crippen LogP contribution is 2.53. The maximum atomic E-state index is 13.1. The van der Waals surface area contributed by atoms with E-state index in [9.17, 15) is 14.3 Å². The molecular weight excluding hydrogens is 221 g/mol. The van der Waals surface area contributed by atoms with Gasteiger partial charge in [0, 0.05) is 5.56 Å². The zero-order valence-corrected chi connectivity index (χ0v) is 8.38. The fourth-order valence-electron chi connectivity index (χ4n) is 1.57. The van der Waals surface area contributed by atoms with Crippen LogP contribution in [0.5, 0.6) is 5.75 Å². The predicted molar refractivity (Wildman–Crippen MR) is 52.1 cm³/mol. The Morgan fingerprint density at radius 3 is 2.73 bits per heavy atom. The van der Waals surface area contributed by atoms with Crippen molar-refractivity contribution in [2.24, 2.45) is 4.99 Å². The van der Waals surface area contributed by atoms with Gasteiger partial charge in [-0.1, -0.05) is 11.6 Å². The average molecular weight is 228 g/mol. The Bertz CT molecular complexity index is 465. The SMILES string of the molecule is O=C=NC1(c2cc(F)cc(Cl)c2O)CC1. The Hall–Kier alpha value is -1.38. The highest BCUT2D eigenvalue weighted by Gasteiger charge is 2.47. The number of phenolic OH excluding ortho intramolecular Hbond substituents is 1. The number of rotatable bonds is 2. The van der Waals surface area contributed by atoms with Crippen LogP contribution < -0.4 is 0 Å². The number of nitrogens with zero attached hydrogens (tertiary/aromatic N) is 1. The first-order chi connectivity index (χ1) is 7.09. The number of hydrogen-bond acceptors (Lipinski definition) is 3. The van der Waals surface area contributed by atoms with Crippen molar-refractivity contribution in [2.75, 3.05) is 0 Å². The van der Waals surface area contributed by atoms with Crippen molar-refractivity contribution in [3.8, 4) is 5.75 Å². The molecular formula is C10H7ClFNO2. The van der Waals surface area contributed by atoms with E-state index in [1.54, 1.807) is 0 Å².